The molecule has 0 amide bonds. The molecule has 0 unspecified atom stereocenters. The van der Waals surface area contributed by atoms with Crippen LogP contribution in [-0.2, 0) is 17.8 Å². The number of hydrogen-bond donors (Lipinski definition) is 0. The van der Waals surface area contributed by atoms with E-state index in [4.69, 9.17) is 21.1 Å². The summed E-state index contributed by atoms with van der Waals surface area (Å²) in [7, 11) is 1.27. The van der Waals surface area contributed by atoms with Crippen LogP contribution in [0.4, 0.5) is 4.79 Å². The van der Waals surface area contributed by atoms with Crippen molar-refractivity contribution in [2.24, 2.45) is 0 Å². The molecule has 0 N–H and O–H groups in total. The van der Waals surface area contributed by atoms with Crippen LogP contribution >= 0.6 is 11.6 Å². The molecule has 2 rings (SSSR count). The van der Waals surface area contributed by atoms with E-state index in [1.165, 1.54) is 7.11 Å². The first-order valence-electron chi connectivity index (χ1n) is 7.30. The minimum Gasteiger partial charge on any atom is -0.488 e. The summed E-state index contributed by atoms with van der Waals surface area (Å²) in [6, 6.07) is 11.0. The highest BCUT2D eigenvalue weighted by molar-refractivity contribution is 6.31. The summed E-state index contributed by atoms with van der Waals surface area (Å²) in [6.45, 7) is 4.29. The van der Waals surface area contributed by atoms with Crippen molar-refractivity contribution in [2.45, 2.75) is 26.9 Å². The van der Waals surface area contributed by atoms with E-state index in [0.717, 1.165) is 28.9 Å². The number of benzene rings is 2. The fourth-order valence-electron chi connectivity index (χ4n) is 2.14. The highest BCUT2D eigenvalue weighted by Crippen LogP contribution is 2.29. The van der Waals surface area contributed by atoms with Gasteiger partial charge in [0, 0.05) is 10.6 Å². The Hall–Kier alpha value is -2.20. The lowest BCUT2D eigenvalue weighted by Crippen LogP contribution is -2.10. The van der Waals surface area contributed by atoms with Crippen molar-refractivity contribution in [3.8, 4) is 11.5 Å². The number of methoxy groups -OCH3 is 1. The summed E-state index contributed by atoms with van der Waals surface area (Å²) in [4.78, 5) is 11.3. The van der Waals surface area contributed by atoms with Crippen molar-refractivity contribution in [1.29, 1.82) is 0 Å². The van der Waals surface area contributed by atoms with Crippen LogP contribution in [-0.4, -0.2) is 13.3 Å². The van der Waals surface area contributed by atoms with Gasteiger partial charge in [-0.3, -0.25) is 0 Å². The lowest BCUT2D eigenvalue weighted by Gasteiger charge is -2.14. The van der Waals surface area contributed by atoms with Gasteiger partial charge in [-0.2, -0.15) is 0 Å². The lowest BCUT2D eigenvalue weighted by molar-refractivity contribution is 0.120. The molecule has 0 aliphatic carbocycles. The Balaban J connectivity index is 2.18. The number of ether oxygens (including phenoxy) is 3. The second kappa shape index (κ2) is 7.88. The third-order valence-corrected chi connectivity index (χ3v) is 3.85. The number of carbonyl (C=O) groups is 1. The van der Waals surface area contributed by atoms with Gasteiger partial charge < -0.3 is 14.2 Å². The first-order valence-corrected chi connectivity index (χ1v) is 7.68. The molecule has 0 bridgehead atoms. The van der Waals surface area contributed by atoms with Gasteiger partial charge in [0.05, 0.1) is 7.11 Å². The van der Waals surface area contributed by atoms with Crippen LogP contribution in [0.3, 0.4) is 0 Å². The Labute approximate surface area is 140 Å². The topological polar surface area (TPSA) is 44.8 Å². The second-order valence-corrected chi connectivity index (χ2v) is 5.42. The predicted octanol–water partition coefficient (Wildman–Crippen LogP) is 4.94. The lowest BCUT2D eigenvalue weighted by atomic mass is 10.1. The molecule has 0 aliphatic heterocycles. The Morgan fingerprint density at radius 1 is 1.13 bits per heavy atom. The van der Waals surface area contributed by atoms with Crippen molar-refractivity contribution < 1.29 is 19.0 Å². The molecule has 0 saturated heterocycles. The molecule has 0 saturated carbocycles. The van der Waals surface area contributed by atoms with Crippen LogP contribution in [0.1, 0.15) is 23.6 Å². The van der Waals surface area contributed by atoms with Crippen molar-refractivity contribution >= 4 is 17.8 Å². The van der Waals surface area contributed by atoms with Crippen molar-refractivity contribution in [2.75, 3.05) is 7.11 Å². The summed E-state index contributed by atoms with van der Waals surface area (Å²) < 4.78 is 15.5. The summed E-state index contributed by atoms with van der Waals surface area (Å²) >= 11 is 6.18. The molecule has 2 aromatic carbocycles. The van der Waals surface area contributed by atoms with Gasteiger partial charge in [-0.25, -0.2) is 4.79 Å². The third kappa shape index (κ3) is 4.39. The Bertz CT molecular complexity index is 697. The van der Waals surface area contributed by atoms with Crippen LogP contribution in [0.15, 0.2) is 36.4 Å². The quantitative estimate of drug-likeness (QED) is 0.574. The number of hydrogen-bond acceptors (Lipinski definition) is 4. The SMILES string of the molecule is CCc1cc(C)c(Cl)cc1OCc1ccccc1OC(=O)OC. The largest absolute Gasteiger partial charge is 0.513 e. The van der Waals surface area contributed by atoms with E-state index in [2.05, 4.69) is 11.7 Å². The molecular weight excluding hydrogens is 316 g/mol. The Kier molecular flexibility index (Phi) is 5.88. The van der Waals surface area contributed by atoms with E-state index in [9.17, 15) is 4.79 Å². The number of rotatable bonds is 5. The van der Waals surface area contributed by atoms with Crippen molar-refractivity contribution in [1.82, 2.24) is 0 Å². The van der Waals surface area contributed by atoms with Gasteiger partial charge in [0.15, 0.2) is 0 Å². The molecule has 23 heavy (non-hydrogen) atoms. The fourth-order valence-corrected chi connectivity index (χ4v) is 2.30. The number of halogens is 1. The molecule has 5 heteroatoms. The first kappa shape index (κ1) is 17.2. The summed E-state index contributed by atoms with van der Waals surface area (Å²) in [5.74, 6) is 1.14. The molecule has 0 radical (unpaired) electrons. The predicted molar refractivity (Wildman–Crippen MR) is 89.4 cm³/mol. The molecule has 122 valence electrons. The van der Waals surface area contributed by atoms with Gasteiger partial charge in [0.2, 0.25) is 0 Å². The van der Waals surface area contributed by atoms with Crippen LogP contribution in [0, 0.1) is 6.92 Å². The van der Waals surface area contributed by atoms with Crippen LogP contribution in [0.2, 0.25) is 5.02 Å². The van der Waals surface area contributed by atoms with E-state index >= 15 is 0 Å². The molecule has 4 nitrogen and oxygen atoms in total. The first-order chi connectivity index (χ1) is 11.0. The van der Waals surface area contributed by atoms with E-state index in [-0.39, 0.29) is 6.61 Å². The van der Waals surface area contributed by atoms with E-state index in [1.54, 1.807) is 12.1 Å². The van der Waals surface area contributed by atoms with E-state index in [0.29, 0.717) is 10.8 Å². The van der Waals surface area contributed by atoms with Gasteiger partial charge in [0.25, 0.3) is 0 Å². The fraction of sp³-hybridized carbons (Fsp3) is 0.278. The van der Waals surface area contributed by atoms with Gasteiger partial charge >= 0.3 is 6.16 Å². The van der Waals surface area contributed by atoms with Crippen LogP contribution in [0.5, 0.6) is 11.5 Å². The number of aryl methyl sites for hydroxylation is 2. The molecular formula is C18H19ClO4. The normalized spacial score (nSPS) is 10.3. The van der Waals surface area contributed by atoms with E-state index in [1.807, 2.05) is 31.2 Å². The van der Waals surface area contributed by atoms with Crippen LogP contribution in [0.25, 0.3) is 0 Å². The highest BCUT2D eigenvalue weighted by Gasteiger charge is 2.11. The van der Waals surface area contributed by atoms with Crippen molar-refractivity contribution in [3.63, 3.8) is 0 Å². The molecule has 0 spiro atoms. The summed E-state index contributed by atoms with van der Waals surface area (Å²) in [6.07, 6.45) is 0.0817. The number of para-hydroxylation sites is 1. The molecule has 0 atom stereocenters. The average molecular weight is 335 g/mol. The van der Waals surface area contributed by atoms with Crippen LogP contribution < -0.4 is 9.47 Å². The average Bonchev–Trinajstić information content (AvgIpc) is 2.56. The van der Waals surface area contributed by atoms with Crippen molar-refractivity contribution in [3.05, 3.63) is 58.1 Å². The molecule has 0 aliphatic rings. The highest BCUT2D eigenvalue weighted by atomic mass is 35.5. The molecule has 0 heterocycles. The molecule has 0 fully saturated rings. The van der Waals surface area contributed by atoms with Gasteiger partial charge in [0.1, 0.15) is 18.1 Å². The van der Waals surface area contributed by atoms with Gasteiger partial charge in [-0.05, 0) is 36.6 Å². The summed E-state index contributed by atoms with van der Waals surface area (Å²) in [5.41, 5.74) is 2.85. The zero-order chi connectivity index (χ0) is 16.8. The second-order valence-electron chi connectivity index (χ2n) is 5.02. The summed E-state index contributed by atoms with van der Waals surface area (Å²) in [5, 5.41) is 0.663. The zero-order valence-corrected chi connectivity index (χ0v) is 14.1. The minimum absolute atomic E-state index is 0.263. The molecule has 0 aromatic heterocycles. The number of carbonyl (C=O) groups excluding carboxylic acids is 1. The van der Waals surface area contributed by atoms with Gasteiger partial charge in [-0.1, -0.05) is 42.8 Å². The molecule has 2 aromatic rings. The smallest absolute Gasteiger partial charge is 0.488 e. The maximum atomic E-state index is 11.3. The van der Waals surface area contributed by atoms with Gasteiger partial charge in [-0.15, -0.1) is 0 Å². The Morgan fingerprint density at radius 3 is 2.57 bits per heavy atom. The third-order valence-electron chi connectivity index (χ3n) is 3.44. The van der Waals surface area contributed by atoms with E-state index < -0.39 is 6.16 Å². The minimum atomic E-state index is -0.759. The maximum Gasteiger partial charge on any atom is 0.513 e. The maximum absolute atomic E-state index is 11.3. The zero-order valence-electron chi connectivity index (χ0n) is 13.4. The monoisotopic (exact) mass is 334 g/mol. The Morgan fingerprint density at radius 2 is 1.87 bits per heavy atom. The standard InChI is InChI=1S/C18H19ClO4/c1-4-13-9-12(2)15(19)10-17(13)22-11-14-7-5-6-8-16(14)23-18(20)21-3/h5-10H,4,11H2,1-3H3.